The van der Waals surface area contributed by atoms with Gasteiger partial charge in [0.25, 0.3) is 0 Å². The molecular weight excluding hydrogens is 244 g/mol. The molecule has 0 aromatic carbocycles. The third kappa shape index (κ3) is 2.88. The van der Waals surface area contributed by atoms with E-state index in [1.807, 2.05) is 0 Å². The molecule has 0 saturated carbocycles. The molecule has 1 rings (SSSR count). The minimum atomic E-state index is -1.99. The Labute approximate surface area is 112 Å². The molecule has 0 bridgehead atoms. The van der Waals surface area contributed by atoms with Crippen LogP contribution in [0.4, 0.5) is 4.79 Å². The topological polar surface area (TPSA) is 41.6 Å². The summed E-state index contributed by atoms with van der Waals surface area (Å²) in [6.45, 7) is 14.9. The lowest BCUT2D eigenvalue weighted by atomic mass is 10.4. The molecule has 5 heteroatoms. The Morgan fingerprint density at radius 1 is 1.11 bits per heavy atom. The van der Waals surface area contributed by atoms with Crippen molar-refractivity contribution in [2.75, 3.05) is 13.1 Å². The van der Waals surface area contributed by atoms with Gasteiger partial charge in [0.15, 0.2) is 0 Å². The van der Waals surface area contributed by atoms with Crippen molar-refractivity contribution in [1.29, 1.82) is 0 Å². The first kappa shape index (κ1) is 15.5. The molecule has 0 radical (unpaired) electrons. The molecule has 1 aliphatic rings. The second kappa shape index (κ2) is 6.06. The fourth-order valence-corrected chi connectivity index (χ4v) is 8.39. The molecule has 0 atom stereocenters. The van der Waals surface area contributed by atoms with Crippen molar-refractivity contribution in [1.82, 2.24) is 10.4 Å². The highest BCUT2D eigenvalue weighted by molar-refractivity contribution is 6.77. The molecule has 106 valence electrons. The fourth-order valence-electron chi connectivity index (χ4n) is 3.20. The normalized spacial score (nSPS) is 17.8. The number of hydrogen-bond acceptors (Lipinski definition) is 2. The van der Waals surface area contributed by atoms with Gasteiger partial charge in [-0.3, -0.25) is 0 Å². The van der Waals surface area contributed by atoms with Crippen LogP contribution in [0.2, 0.25) is 16.6 Å². The molecule has 1 saturated heterocycles. The van der Waals surface area contributed by atoms with Crippen LogP contribution in [-0.4, -0.2) is 32.5 Å². The van der Waals surface area contributed by atoms with Crippen molar-refractivity contribution in [3.05, 3.63) is 0 Å². The number of carbonyl (C=O) groups excluding carboxylic acids is 1. The number of nitrogens with zero attached hydrogens (tertiary/aromatic N) is 1. The van der Waals surface area contributed by atoms with E-state index in [0.29, 0.717) is 23.2 Å². The van der Waals surface area contributed by atoms with Crippen LogP contribution in [0.3, 0.4) is 0 Å². The lowest BCUT2D eigenvalue weighted by Gasteiger charge is -2.45. The van der Waals surface area contributed by atoms with Gasteiger partial charge in [-0.1, -0.05) is 41.5 Å². The summed E-state index contributed by atoms with van der Waals surface area (Å²) in [5.41, 5.74) is 1.48. The van der Waals surface area contributed by atoms with Crippen molar-refractivity contribution in [3.63, 3.8) is 0 Å². The molecule has 1 fully saturated rings. The molecule has 2 amide bonds. The van der Waals surface area contributed by atoms with Gasteiger partial charge in [-0.2, -0.15) is 0 Å². The van der Waals surface area contributed by atoms with Gasteiger partial charge >= 0.3 is 6.03 Å². The summed E-state index contributed by atoms with van der Waals surface area (Å²) in [6, 6.07) is -0.0694. The number of hydrogen-bond donors (Lipinski definition) is 1. The Morgan fingerprint density at radius 3 is 2.00 bits per heavy atom. The van der Waals surface area contributed by atoms with Crippen LogP contribution >= 0.6 is 0 Å². The molecular formula is C13H28N2O2Si. The lowest BCUT2D eigenvalue weighted by molar-refractivity contribution is -0.0395. The monoisotopic (exact) mass is 272 g/mol. The van der Waals surface area contributed by atoms with Crippen molar-refractivity contribution in [2.45, 2.75) is 64.6 Å². The quantitative estimate of drug-likeness (QED) is 0.778. The van der Waals surface area contributed by atoms with E-state index in [1.165, 1.54) is 0 Å². The minimum absolute atomic E-state index is 0.0694. The van der Waals surface area contributed by atoms with Gasteiger partial charge in [0.2, 0.25) is 8.32 Å². The second-order valence-electron chi connectivity index (χ2n) is 6.10. The standard InChI is InChI=1S/C13H28N2O2Si/c1-10(2)18(11(3)4,12(5)6)17-15-9-7-8-14-13(15)16/h10-12H,7-9H2,1-6H3,(H,14,16). The van der Waals surface area contributed by atoms with Crippen LogP contribution < -0.4 is 5.32 Å². The zero-order valence-electron chi connectivity index (χ0n) is 12.6. The van der Waals surface area contributed by atoms with E-state index in [2.05, 4.69) is 46.9 Å². The summed E-state index contributed by atoms with van der Waals surface area (Å²) in [4.78, 5) is 11.9. The zero-order valence-corrected chi connectivity index (χ0v) is 13.6. The molecule has 18 heavy (non-hydrogen) atoms. The van der Waals surface area contributed by atoms with E-state index in [4.69, 9.17) is 4.53 Å². The van der Waals surface area contributed by atoms with Crippen LogP contribution in [0.15, 0.2) is 0 Å². The highest BCUT2D eigenvalue weighted by Crippen LogP contribution is 2.42. The van der Waals surface area contributed by atoms with E-state index < -0.39 is 8.32 Å². The third-order valence-electron chi connectivity index (χ3n) is 4.02. The van der Waals surface area contributed by atoms with Crippen molar-refractivity contribution < 1.29 is 9.32 Å². The number of carbonyl (C=O) groups is 1. The van der Waals surface area contributed by atoms with Gasteiger partial charge in [-0.25, -0.2) is 9.86 Å². The first-order valence-corrected chi connectivity index (χ1v) is 9.20. The summed E-state index contributed by atoms with van der Waals surface area (Å²) >= 11 is 0. The average Bonchev–Trinajstić information content (AvgIpc) is 2.26. The van der Waals surface area contributed by atoms with E-state index in [9.17, 15) is 4.79 Å². The maximum atomic E-state index is 11.9. The first-order valence-electron chi connectivity index (χ1n) is 7.06. The van der Waals surface area contributed by atoms with E-state index in [0.717, 1.165) is 13.0 Å². The largest absolute Gasteiger partial charge is 0.340 e. The van der Waals surface area contributed by atoms with Crippen molar-refractivity contribution in [2.24, 2.45) is 0 Å². The number of amides is 2. The summed E-state index contributed by atoms with van der Waals surface area (Å²) in [6.07, 6.45) is 0.963. The van der Waals surface area contributed by atoms with Crippen molar-refractivity contribution in [3.8, 4) is 0 Å². The van der Waals surface area contributed by atoms with Gasteiger partial charge in [0, 0.05) is 6.54 Å². The first-order chi connectivity index (χ1) is 8.32. The van der Waals surface area contributed by atoms with Crippen LogP contribution in [-0.2, 0) is 4.53 Å². The highest BCUT2D eigenvalue weighted by Gasteiger charge is 2.48. The molecule has 0 aromatic heterocycles. The number of urea groups is 1. The number of hydroxylamine groups is 2. The summed E-state index contributed by atoms with van der Waals surface area (Å²) in [7, 11) is -1.99. The molecule has 1 heterocycles. The SMILES string of the molecule is CC(C)[Si](ON1CCCNC1=O)(C(C)C)C(C)C. The predicted octanol–water partition coefficient (Wildman–Crippen LogP) is 3.51. The molecule has 4 nitrogen and oxygen atoms in total. The fraction of sp³-hybridized carbons (Fsp3) is 0.923. The molecule has 0 aliphatic carbocycles. The Kier molecular flexibility index (Phi) is 5.22. The lowest BCUT2D eigenvalue weighted by Crippen LogP contribution is -2.57. The van der Waals surface area contributed by atoms with Crippen LogP contribution in [0.25, 0.3) is 0 Å². The van der Waals surface area contributed by atoms with E-state index in [1.54, 1.807) is 5.06 Å². The Morgan fingerprint density at radius 2 is 1.61 bits per heavy atom. The maximum absolute atomic E-state index is 11.9. The number of nitrogens with one attached hydrogen (secondary N) is 1. The van der Waals surface area contributed by atoms with Gasteiger partial charge in [-0.15, -0.1) is 0 Å². The van der Waals surface area contributed by atoms with Crippen molar-refractivity contribution >= 4 is 14.3 Å². The van der Waals surface area contributed by atoms with Crippen LogP contribution in [0.5, 0.6) is 0 Å². The Balaban J connectivity index is 2.93. The maximum Gasteiger partial charge on any atom is 0.340 e. The van der Waals surface area contributed by atoms with Gasteiger partial charge in [0.05, 0.1) is 6.54 Å². The third-order valence-corrected chi connectivity index (χ3v) is 9.97. The summed E-state index contributed by atoms with van der Waals surface area (Å²) < 4.78 is 6.34. The molecule has 0 aromatic rings. The van der Waals surface area contributed by atoms with Crippen LogP contribution in [0.1, 0.15) is 48.0 Å². The Hall–Kier alpha value is -0.553. The molecule has 0 unspecified atom stereocenters. The van der Waals surface area contributed by atoms with Crippen LogP contribution in [0, 0.1) is 0 Å². The summed E-state index contributed by atoms with van der Waals surface area (Å²) in [5.74, 6) is 0. The second-order valence-corrected chi connectivity index (χ2v) is 11.5. The van der Waals surface area contributed by atoms with Gasteiger partial charge in [-0.05, 0) is 23.0 Å². The number of rotatable bonds is 5. The zero-order chi connectivity index (χ0) is 13.9. The Bertz CT molecular complexity index is 271. The van der Waals surface area contributed by atoms with E-state index >= 15 is 0 Å². The summed E-state index contributed by atoms with van der Waals surface area (Å²) in [5, 5.41) is 4.43. The predicted molar refractivity (Wildman–Crippen MR) is 76.9 cm³/mol. The molecule has 1 aliphatic heterocycles. The van der Waals surface area contributed by atoms with E-state index in [-0.39, 0.29) is 6.03 Å². The average molecular weight is 272 g/mol. The van der Waals surface area contributed by atoms with Gasteiger partial charge < -0.3 is 9.84 Å². The van der Waals surface area contributed by atoms with Gasteiger partial charge in [0.1, 0.15) is 0 Å². The highest BCUT2D eigenvalue weighted by atomic mass is 28.4. The molecule has 0 spiro atoms. The minimum Gasteiger partial charge on any atom is -0.336 e. The smallest absolute Gasteiger partial charge is 0.336 e. The molecule has 1 N–H and O–H groups in total.